The molecule has 0 aliphatic carbocycles. The van der Waals surface area contributed by atoms with Crippen LogP contribution in [-0.4, -0.2) is 60.7 Å². The summed E-state index contributed by atoms with van der Waals surface area (Å²) in [5, 5.41) is 0. The van der Waals surface area contributed by atoms with Crippen LogP contribution in [-0.2, 0) is 26.2 Å². The third-order valence-electron chi connectivity index (χ3n) is 6.13. The normalized spacial score (nSPS) is 26.2. The third kappa shape index (κ3) is 2.80. The molecule has 29 heavy (non-hydrogen) atoms. The predicted molar refractivity (Wildman–Crippen MR) is 106 cm³/mol. The Hall–Kier alpha value is -2.93. The van der Waals surface area contributed by atoms with Crippen molar-refractivity contribution in [3.8, 4) is 0 Å². The van der Waals surface area contributed by atoms with Gasteiger partial charge in [-0.15, -0.1) is 0 Å². The van der Waals surface area contributed by atoms with Crippen LogP contribution in [0.15, 0.2) is 42.6 Å². The molecule has 0 unspecified atom stereocenters. The highest BCUT2D eigenvalue weighted by atomic mass is 16.5. The number of cyclic esters (lactones) is 1. The zero-order chi connectivity index (χ0) is 20.0. The number of ether oxygens (including phenoxy) is 2. The number of aromatic nitrogens is 1. The first kappa shape index (κ1) is 18.1. The van der Waals surface area contributed by atoms with Crippen LogP contribution in [0.5, 0.6) is 0 Å². The number of nitrogens with zero attached hydrogens (tertiary/aromatic N) is 3. The van der Waals surface area contributed by atoms with Crippen LogP contribution in [0.25, 0.3) is 0 Å². The fourth-order valence-electron chi connectivity index (χ4n) is 4.60. The number of pyridine rings is 1. The van der Waals surface area contributed by atoms with Gasteiger partial charge in [0.1, 0.15) is 6.61 Å². The van der Waals surface area contributed by atoms with Gasteiger partial charge in [-0.2, -0.15) is 0 Å². The van der Waals surface area contributed by atoms with E-state index in [0.717, 1.165) is 24.3 Å². The molecular formula is C22H23N3O4. The van der Waals surface area contributed by atoms with Gasteiger partial charge in [0.2, 0.25) is 0 Å². The molecule has 4 heterocycles. The van der Waals surface area contributed by atoms with Gasteiger partial charge in [0.25, 0.3) is 5.91 Å². The maximum atomic E-state index is 13.5. The van der Waals surface area contributed by atoms with Crippen molar-refractivity contribution in [2.75, 3.05) is 37.8 Å². The molecule has 2 fully saturated rings. The highest BCUT2D eigenvalue weighted by molar-refractivity contribution is 6.06. The number of fused-ring (bicyclic) bond motifs is 3. The Balaban J connectivity index is 1.52. The SMILES string of the molecule is C[C@]12C(=O)OC[C@H](Cc3ccccc3)N1C(=O)c1cc(N3CCOCC3)cnc12. The first-order valence-electron chi connectivity index (χ1n) is 9.97. The molecule has 0 bridgehead atoms. The van der Waals surface area contributed by atoms with Crippen LogP contribution in [0.3, 0.4) is 0 Å². The summed E-state index contributed by atoms with van der Waals surface area (Å²) in [7, 11) is 0. The largest absolute Gasteiger partial charge is 0.461 e. The lowest BCUT2D eigenvalue weighted by molar-refractivity contribution is -0.169. The molecule has 150 valence electrons. The molecule has 1 amide bonds. The first-order valence-corrected chi connectivity index (χ1v) is 9.97. The lowest BCUT2D eigenvalue weighted by Crippen LogP contribution is -2.59. The standard InChI is InChI=1S/C22H23N3O4/c1-22-19-18(12-16(13-23-19)24-7-9-28-10-8-24)20(26)25(22)17(14-29-21(22)27)11-15-5-3-2-4-6-15/h2-6,12-13,17H,7-11,14H2,1H3/t17-,22-/m0/s1. The lowest BCUT2D eigenvalue weighted by Gasteiger charge is -2.42. The third-order valence-corrected chi connectivity index (χ3v) is 6.13. The van der Waals surface area contributed by atoms with E-state index < -0.39 is 11.5 Å². The highest BCUT2D eigenvalue weighted by Gasteiger charge is 2.59. The van der Waals surface area contributed by atoms with Crippen molar-refractivity contribution in [1.29, 1.82) is 0 Å². The van der Waals surface area contributed by atoms with Gasteiger partial charge < -0.3 is 19.3 Å². The summed E-state index contributed by atoms with van der Waals surface area (Å²) in [6, 6.07) is 11.6. The van der Waals surface area contributed by atoms with Crippen LogP contribution < -0.4 is 4.90 Å². The van der Waals surface area contributed by atoms with E-state index in [1.54, 1.807) is 18.0 Å². The Morgan fingerprint density at radius 1 is 1.17 bits per heavy atom. The topological polar surface area (TPSA) is 72.0 Å². The number of carbonyl (C=O) groups excluding carboxylic acids is 2. The second kappa shape index (κ2) is 6.84. The Kier molecular flexibility index (Phi) is 4.28. The van der Waals surface area contributed by atoms with Crippen LogP contribution >= 0.6 is 0 Å². The van der Waals surface area contributed by atoms with Gasteiger partial charge in [0.05, 0.1) is 42.4 Å². The van der Waals surface area contributed by atoms with Crippen LogP contribution in [0.4, 0.5) is 5.69 Å². The van der Waals surface area contributed by atoms with E-state index in [1.807, 2.05) is 36.4 Å². The van der Waals surface area contributed by atoms with Crippen molar-refractivity contribution in [3.63, 3.8) is 0 Å². The molecule has 2 saturated heterocycles. The van der Waals surface area contributed by atoms with Gasteiger partial charge in [-0.05, 0) is 25.0 Å². The second-order valence-electron chi connectivity index (χ2n) is 7.88. The molecule has 7 heteroatoms. The summed E-state index contributed by atoms with van der Waals surface area (Å²) < 4.78 is 10.9. The Bertz CT molecular complexity index is 958. The molecule has 0 saturated carbocycles. The van der Waals surface area contributed by atoms with E-state index in [4.69, 9.17) is 9.47 Å². The van der Waals surface area contributed by atoms with Gasteiger partial charge in [-0.1, -0.05) is 30.3 Å². The summed E-state index contributed by atoms with van der Waals surface area (Å²) in [5.74, 6) is -0.566. The maximum Gasteiger partial charge on any atom is 0.338 e. The number of carbonyl (C=O) groups is 2. The molecule has 2 atom stereocenters. The van der Waals surface area contributed by atoms with Gasteiger partial charge in [-0.25, -0.2) is 4.79 Å². The number of hydrogen-bond donors (Lipinski definition) is 0. The minimum atomic E-state index is -1.19. The van der Waals surface area contributed by atoms with E-state index in [-0.39, 0.29) is 18.6 Å². The molecule has 0 radical (unpaired) electrons. The summed E-state index contributed by atoms with van der Waals surface area (Å²) in [4.78, 5) is 34.7. The molecule has 3 aliphatic heterocycles. The Labute approximate surface area is 169 Å². The van der Waals surface area contributed by atoms with E-state index in [0.29, 0.717) is 30.9 Å². The number of morpholine rings is 2. The molecule has 0 N–H and O–H groups in total. The monoisotopic (exact) mass is 393 g/mol. The Morgan fingerprint density at radius 3 is 2.69 bits per heavy atom. The van der Waals surface area contributed by atoms with E-state index >= 15 is 0 Å². The molecule has 1 aromatic carbocycles. The smallest absolute Gasteiger partial charge is 0.338 e. The lowest BCUT2D eigenvalue weighted by atomic mass is 9.92. The number of amides is 1. The van der Waals surface area contributed by atoms with Gasteiger partial charge in [0, 0.05) is 13.1 Å². The number of hydrogen-bond acceptors (Lipinski definition) is 6. The van der Waals surface area contributed by atoms with Crippen LogP contribution in [0.2, 0.25) is 0 Å². The minimum absolute atomic E-state index is 0.150. The van der Waals surface area contributed by atoms with Crippen molar-refractivity contribution >= 4 is 17.6 Å². The van der Waals surface area contributed by atoms with Crippen molar-refractivity contribution in [1.82, 2.24) is 9.88 Å². The molecule has 3 aliphatic rings. The quantitative estimate of drug-likeness (QED) is 0.740. The van der Waals surface area contributed by atoms with E-state index in [9.17, 15) is 9.59 Å². The van der Waals surface area contributed by atoms with Crippen molar-refractivity contribution in [2.24, 2.45) is 0 Å². The zero-order valence-electron chi connectivity index (χ0n) is 16.3. The zero-order valence-corrected chi connectivity index (χ0v) is 16.3. The predicted octanol–water partition coefficient (Wildman–Crippen LogP) is 1.76. The summed E-state index contributed by atoms with van der Waals surface area (Å²) in [6.45, 7) is 4.76. The average molecular weight is 393 g/mol. The van der Waals surface area contributed by atoms with Crippen molar-refractivity contribution in [2.45, 2.75) is 24.9 Å². The second-order valence-corrected chi connectivity index (χ2v) is 7.88. The van der Waals surface area contributed by atoms with Gasteiger partial charge in [0.15, 0.2) is 5.54 Å². The van der Waals surface area contributed by atoms with E-state index in [2.05, 4.69) is 9.88 Å². The molecule has 2 aromatic rings. The molecule has 7 nitrogen and oxygen atoms in total. The van der Waals surface area contributed by atoms with Crippen molar-refractivity contribution < 1.29 is 19.1 Å². The molecular weight excluding hydrogens is 370 g/mol. The summed E-state index contributed by atoms with van der Waals surface area (Å²) in [5.41, 5.74) is 1.78. The Morgan fingerprint density at radius 2 is 1.93 bits per heavy atom. The summed E-state index contributed by atoms with van der Waals surface area (Å²) in [6.07, 6.45) is 2.38. The molecule has 5 rings (SSSR count). The first-order chi connectivity index (χ1) is 14.1. The number of anilines is 1. The van der Waals surface area contributed by atoms with Crippen LogP contribution in [0, 0.1) is 0 Å². The summed E-state index contributed by atoms with van der Waals surface area (Å²) >= 11 is 0. The fourth-order valence-corrected chi connectivity index (χ4v) is 4.60. The molecule has 1 aromatic heterocycles. The van der Waals surface area contributed by atoms with E-state index in [1.165, 1.54) is 0 Å². The number of benzene rings is 1. The minimum Gasteiger partial charge on any atom is -0.461 e. The highest BCUT2D eigenvalue weighted by Crippen LogP contribution is 2.44. The maximum absolute atomic E-state index is 13.5. The number of rotatable bonds is 3. The van der Waals surface area contributed by atoms with Crippen molar-refractivity contribution in [3.05, 3.63) is 59.4 Å². The molecule has 0 spiro atoms. The average Bonchev–Trinajstić information content (AvgIpc) is 3.00. The number of esters is 1. The van der Waals surface area contributed by atoms with Crippen LogP contribution in [0.1, 0.15) is 28.5 Å². The fraction of sp³-hybridized carbons (Fsp3) is 0.409. The van der Waals surface area contributed by atoms with Gasteiger partial charge >= 0.3 is 5.97 Å². The van der Waals surface area contributed by atoms with Gasteiger partial charge in [-0.3, -0.25) is 9.78 Å².